The Bertz CT molecular complexity index is 694. The molecule has 0 amide bonds. The van der Waals surface area contributed by atoms with Crippen molar-refractivity contribution in [2.45, 2.75) is 14.7 Å². The predicted molar refractivity (Wildman–Crippen MR) is 89.1 cm³/mol. The molecule has 2 rings (SSSR count). The summed E-state index contributed by atoms with van der Waals surface area (Å²) in [5, 5.41) is 2.21. The second-order valence-corrected chi connectivity index (χ2v) is 9.56. The third kappa shape index (κ3) is 4.48. The Morgan fingerprint density at radius 2 is 1.71 bits per heavy atom. The smallest absolute Gasteiger partial charge is 0.207 e. The van der Waals surface area contributed by atoms with Crippen LogP contribution >= 0.6 is 57.7 Å². The Morgan fingerprint density at radius 1 is 1.10 bits per heavy atom. The van der Waals surface area contributed by atoms with E-state index in [1.165, 1.54) is 35.6 Å². The zero-order valence-corrected chi connectivity index (χ0v) is 14.9. The molecule has 0 fully saturated rings. The van der Waals surface area contributed by atoms with E-state index >= 15 is 0 Å². The fraction of sp³-hybridized carbons (Fsp3) is 0.167. The zero-order valence-electron chi connectivity index (χ0n) is 10.3. The van der Waals surface area contributed by atoms with Gasteiger partial charge >= 0.3 is 0 Å². The lowest BCUT2D eigenvalue weighted by molar-refractivity contribution is 0.560. The fourth-order valence-corrected chi connectivity index (χ4v) is 4.77. The second-order valence-electron chi connectivity index (χ2n) is 4.07. The first-order valence-electron chi connectivity index (χ1n) is 5.58. The molecule has 1 aromatic heterocycles. The molecule has 0 bridgehead atoms. The van der Waals surface area contributed by atoms with Gasteiger partial charge in [-0.3, -0.25) is 0 Å². The van der Waals surface area contributed by atoms with Crippen LogP contribution in [0, 0.1) is 0 Å². The highest BCUT2D eigenvalue weighted by Crippen LogP contribution is 2.42. The maximum atomic E-state index is 12.4. The van der Waals surface area contributed by atoms with E-state index in [9.17, 15) is 8.42 Å². The van der Waals surface area contributed by atoms with Gasteiger partial charge in [0.2, 0.25) is 13.8 Å². The lowest BCUT2D eigenvalue weighted by Gasteiger charge is -2.24. The first-order chi connectivity index (χ1) is 9.70. The minimum Gasteiger partial charge on any atom is -0.207 e. The molecule has 2 aromatic rings. The van der Waals surface area contributed by atoms with Crippen molar-refractivity contribution in [1.82, 2.24) is 4.72 Å². The molecule has 1 aromatic carbocycles. The van der Waals surface area contributed by atoms with Gasteiger partial charge in [0.25, 0.3) is 0 Å². The van der Waals surface area contributed by atoms with Gasteiger partial charge in [0.05, 0.1) is 4.90 Å². The minimum atomic E-state index is -3.84. The number of sulfonamides is 1. The summed E-state index contributed by atoms with van der Waals surface area (Å²) in [6, 6.07) is 8.19. The van der Waals surface area contributed by atoms with Crippen LogP contribution in [0.5, 0.6) is 0 Å². The van der Waals surface area contributed by atoms with Crippen molar-refractivity contribution in [1.29, 1.82) is 0 Å². The molecular weight excluding hydrogens is 396 g/mol. The number of benzene rings is 1. The maximum absolute atomic E-state index is 12.4. The summed E-state index contributed by atoms with van der Waals surface area (Å²) in [6.45, 7) is 0. The van der Waals surface area contributed by atoms with Crippen molar-refractivity contribution in [3.8, 4) is 0 Å². The minimum absolute atomic E-state index is 0.0442. The molecule has 0 aliphatic heterocycles. The number of halogens is 4. The molecule has 0 aliphatic carbocycles. The molecule has 0 aliphatic rings. The molecule has 3 nitrogen and oxygen atoms in total. The molecule has 1 atom stereocenters. The van der Waals surface area contributed by atoms with E-state index in [0.29, 0.717) is 9.90 Å². The van der Waals surface area contributed by atoms with Gasteiger partial charge in [-0.25, -0.2) is 8.42 Å². The van der Waals surface area contributed by atoms with Crippen LogP contribution in [0.15, 0.2) is 46.7 Å². The van der Waals surface area contributed by atoms with E-state index in [2.05, 4.69) is 4.72 Å². The molecular formula is C12H9Cl4NO2S2. The summed E-state index contributed by atoms with van der Waals surface area (Å²) < 4.78 is 25.3. The van der Waals surface area contributed by atoms with Gasteiger partial charge in [0.1, 0.15) is 6.04 Å². The first kappa shape index (κ1) is 17.3. The summed E-state index contributed by atoms with van der Waals surface area (Å²) in [4.78, 5) is 0.648. The molecule has 21 heavy (non-hydrogen) atoms. The highest BCUT2D eigenvalue weighted by atomic mass is 35.6. The van der Waals surface area contributed by atoms with E-state index in [1.807, 2.05) is 0 Å². The van der Waals surface area contributed by atoms with Gasteiger partial charge in [0, 0.05) is 9.90 Å². The summed E-state index contributed by atoms with van der Waals surface area (Å²) in [6.07, 6.45) is 0. The van der Waals surface area contributed by atoms with Crippen molar-refractivity contribution in [2.24, 2.45) is 0 Å². The summed E-state index contributed by atoms with van der Waals surface area (Å²) in [7, 11) is -3.84. The van der Waals surface area contributed by atoms with Crippen molar-refractivity contribution >= 4 is 67.8 Å². The monoisotopic (exact) mass is 403 g/mol. The van der Waals surface area contributed by atoms with E-state index in [0.717, 1.165) is 0 Å². The number of nitrogens with one attached hydrogen (secondary N) is 1. The Hall–Kier alpha value is -0.0100. The Morgan fingerprint density at radius 3 is 2.19 bits per heavy atom. The standard InChI is InChI=1S/C12H9Cl4NO2S2/c13-8-3-5-9(6-4-8)21(18,19)17-11(12(14,15)16)10-2-1-7-20-10/h1-7,11,17H. The first-order valence-corrected chi connectivity index (χ1v) is 9.45. The molecule has 1 unspecified atom stereocenters. The Balaban J connectivity index is 2.34. The van der Waals surface area contributed by atoms with Crippen LogP contribution in [-0.2, 0) is 10.0 Å². The van der Waals surface area contributed by atoms with Crippen molar-refractivity contribution < 1.29 is 8.42 Å². The van der Waals surface area contributed by atoms with Gasteiger partial charge in [0.15, 0.2) is 0 Å². The topological polar surface area (TPSA) is 46.2 Å². The molecule has 0 radical (unpaired) electrons. The van der Waals surface area contributed by atoms with Gasteiger partial charge in [-0.1, -0.05) is 52.5 Å². The van der Waals surface area contributed by atoms with Crippen LogP contribution in [-0.4, -0.2) is 12.2 Å². The number of alkyl halides is 3. The number of rotatable bonds is 4. The summed E-state index contributed by atoms with van der Waals surface area (Å²) >= 11 is 24.7. The third-order valence-corrected chi connectivity index (χ3v) is 5.83. The normalized spacial score (nSPS) is 14.1. The van der Waals surface area contributed by atoms with Crippen LogP contribution < -0.4 is 4.72 Å². The zero-order chi connectivity index (χ0) is 15.7. The van der Waals surface area contributed by atoms with Crippen LogP contribution in [0.1, 0.15) is 10.9 Å². The van der Waals surface area contributed by atoms with E-state index < -0.39 is 19.9 Å². The molecule has 0 spiro atoms. The predicted octanol–water partition coefficient (Wildman–Crippen LogP) is 4.79. The molecule has 114 valence electrons. The molecule has 1 N–H and O–H groups in total. The quantitative estimate of drug-likeness (QED) is 0.744. The Kier molecular flexibility index (Phi) is 5.47. The summed E-state index contributed by atoms with van der Waals surface area (Å²) in [5.74, 6) is 0. The second kappa shape index (κ2) is 6.62. The van der Waals surface area contributed by atoms with Crippen LogP contribution in [0.25, 0.3) is 0 Å². The van der Waals surface area contributed by atoms with Crippen molar-refractivity contribution in [3.05, 3.63) is 51.7 Å². The molecule has 0 saturated carbocycles. The van der Waals surface area contributed by atoms with Crippen molar-refractivity contribution in [3.63, 3.8) is 0 Å². The van der Waals surface area contributed by atoms with Gasteiger partial charge in [-0.2, -0.15) is 4.72 Å². The summed E-state index contributed by atoms with van der Waals surface area (Å²) in [5.41, 5.74) is 0. The van der Waals surface area contributed by atoms with Gasteiger partial charge in [-0.05, 0) is 35.7 Å². The highest BCUT2D eigenvalue weighted by Gasteiger charge is 2.38. The van der Waals surface area contributed by atoms with Crippen LogP contribution in [0.3, 0.4) is 0 Å². The average Bonchev–Trinajstić information content (AvgIpc) is 2.88. The largest absolute Gasteiger partial charge is 0.241 e. The number of thiophene rings is 1. The van der Waals surface area contributed by atoms with E-state index in [4.69, 9.17) is 46.4 Å². The van der Waals surface area contributed by atoms with Crippen LogP contribution in [0.4, 0.5) is 0 Å². The Labute approximate surface area is 146 Å². The SMILES string of the molecule is O=S(=O)(NC(c1cccs1)C(Cl)(Cl)Cl)c1ccc(Cl)cc1. The van der Waals surface area contributed by atoms with Gasteiger partial charge in [-0.15, -0.1) is 11.3 Å². The third-order valence-electron chi connectivity index (χ3n) is 2.55. The number of hydrogen-bond donors (Lipinski definition) is 1. The van der Waals surface area contributed by atoms with Gasteiger partial charge < -0.3 is 0 Å². The van der Waals surface area contributed by atoms with Crippen LogP contribution in [0.2, 0.25) is 5.02 Å². The van der Waals surface area contributed by atoms with E-state index in [-0.39, 0.29) is 4.90 Å². The average molecular weight is 405 g/mol. The highest BCUT2D eigenvalue weighted by molar-refractivity contribution is 7.89. The molecule has 9 heteroatoms. The van der Waals surface area contributed by atoms with E-state index in [1.54, 1.807) is 17.5 Å². The lowest BCUT2D eigenvalue weighted by Crippen LogP contribution is -2.36. The van der Waals surface area contributed by atoms with Crippen molar-refractivity contribution in [2.75, 3.05) is 0 Å². The lowest BCUT2D eigenvalue weighted by atomic mass is 10.3. The maximum Gasteiger partial charge on any atom is 0.241 e. The number of hydrogen-bond acceptors (Lipinski definition) is 3. The molecule has 1 heterocycles. The molecule has 0 saturated heterocycles. The fourth-order valence-electron chi connectivity index (χ4n) is 1.58.